The zero-order valence-electron chi connectivity index (χ0n) is 12.8. The zero-order valence-corrected chi connectivity index (χ0v) is 13.6. The molecule has 1 saturated heterocycles. The largest absolute Gasteiger partial charge is 0.482 e. The summed E-state index contributed by atoms with van der Waals surface area (Å²) in [5.41, 5.74) is 0. The van der Waals surface area contributed by atoms with Gasteiger partial charge in [-0.15, -0.1) is 0 Å². The Kier molecular flexibility index (Phi) is 6.46. The molecule has 0 atom stereocenters. The summed E-state index contributed by atoms with van der Waals surface area (Å²) in [6.07, 6.45) is 3.19. The number of hydrogen-bond acceptors (Lipinski definition) is 2. The van der Waals surface area contributed by atoms with Gasteiger partial charge >= 0.3 is 0 Å². The monoisotopic (exact) mass is 329 g/mol. The van der Waals surface area contributed by atoms with E-state index in [2.05, 4.69) is 12.2 Å². The quantitative estimate of drug-likeness (QED) is 0.829. The number of hydrogen-bond donors (Lipinski definition) is 2. The second kappa shape index (κ2) is 8.34. The number of ether oxygens (including phenoxy) is 1. The van der Waals surface area contributed by atoms with Gasteiger partial charge in [-0.3, -0.25) is 4.79 Å². The Morgan fingerprint density at radius 2 is 2.18 bits per heavy atom. The Bertz CT molecular complexity index is 505. The molecule has 2 N–H and O–H groups in total. The number of carbonyl (C=O) groups excluding carboxylic acids is 1. The van der Waals surface area contributed by atoms with Gasteiger partial charge in [-0.05, 0) is 24.6 Å². The molecule has 1 aliphatic heterocycles. The number of halogens is 2. The van der Waals surface area contributed by atoms with Crippen LogP contribution in [0.4, 0.5) is 4.39 Å². The minimum Gasteiger partial charge on any atom is -0.482 e. The van der Waals surface area contributed by atoms with E-state index in [1.165, 1.54) is 31.2 Å². The van der Waals surface area contributed by atoms with Gasteiger partial charge in [-0.25, -0.2) is 4.39 Å². The second-order valence-electron chi connectivity index (χ2n) is 5.71. The predicted molar refractivity (Wildman–Crippen MR) is 83.9 cm³/mol. The third-order valence-electron chi connectivity index (χ3n) is 3.91. The molecule has 122 valence electrons. The average molecular weight is 330 g/mol. The lowest BCUT2D eigenvalue weighted by Gasteiger charge is -2.29. The summed E-state index contributed by atoms with van der Waals surface area (Å²) in [5.74, 6) is -0.270. The van der Waals surface area contributed by atoms with Crippen LogP contribution in [0, 0.1) is 5.82 Å². The van der Waals surface area contributed by atoms with E-state index in [-0.39, 0.29) is 23.6 Å². The molecule has 0 aliphatic carbocycles. The minimum atomic E-state index is -0.428. The molecule has 1 amide bonds. The minimum absolute atomic E-state index is 0.104. The Labute approximate surface area is 135 Å². The molecule has 0 saturated carbocycles. The lowest BCUT2D eigenvalue weighted by molar-refractivity contribution is -0.905. The van der Waals surface area contributed by atoms with Crippen molar-refractivity contribution in [2.75, 3.05) is 26.2 Å². The van der Waals surface area contributed by atoms with Crippen LogP contribution in [0.5, 0.6) is 5.75 Å². The summed E-state index contributed by atoms with van der Waals surface area (Å²) in [5, 5.41) is 3.16. The van der Waals surface area contributed by atoms with E-state index in [1.807, 2.05) is 0 Å². The van der Waals surface area contributed by atoms with Crippen LogP contribution < -0.4 is 15.0 Å². The van der Waals surface area contributed by atoms with Crippen molar-refractivity contribution < 1.29 is 18.8 Å². The molecule has 22 heavy (non-hydrogen) atoms. The van der Waals surface area contributed by atoms with Gasteiger partial charge < -0.3 is 15.0 Å². The maximum Gasteiger partial charge on any atom is 0.258 e. The first kappa shape index (κ1) is 17.0. The van der Waals surface area contributed by atoms with Crippen molar-refractivity contribution in [3.8, 4) is 5.75 Å². The van der Waals surface area contributed by atoms with Crippen LogP contribution in [-0.2, 0) is 4.79 Å². The van der Waals surface area contributed by atoms with Crippen molar-refractivity contribution in [1.29, 1.82) is 0 Å². The van der Waals surface area contributed by atoms with Gasteiger partial charge in [0.2, 0.25) is 0 Å². The smallest absolute Gasteiger partial charge is 0.258 e. The van der Waals surface area contributed by atoms with Crippen molar-refractivity contribution in [1.82, 2.24) is 5.32 Å². The molecule has 1 heterocycles. The van der Waals surface area contributed by atoms with Crippen molar-refractivity contribution >= 4 is 17.5 Å². The molecule has 1 aliphatic rings. The molecule has 0 radical (unpaired) electrons. The zero-order chi connectivity index (χ0) is 15.9. The Morgan fingerprint density at radius 1 is 1.45 bits per heavy atom. The highest BCUT2D eigenvalue weighted by Crippen LogP contribution is 2.24. The Hall–Kier alpha value is -1.33. The molecule has 1 fully saturated rings. The molecule has 0 aromatic heterocycles. The van der Waals surface area contributed by atoms with Gasteiger partial charge in [-0.1, -0.05) is 18.5 Å². The van der Waals surface area contributed by atoms with E-state index in [0.29, 0.717) is 5.75 Å². The molecule has 0 spiro atoms. The molecule has 1 aromatic carbocycles. The molecular formula is C16H23ClFN2O2+. The van der Waals surface area contributed by atoms with E-state index >= 15 is 0 Å². The van der Waals surface area contributed by atoms with Gasteiger partial charge in [0, 0.05) is 18.9 Å². The van der Waals surface area contributed by atoms with E-state index < -0.39 is 5.82 Å². The molecular weight excluding hydrogens is 307 g/mol. The average Bonchev–Trinajstić information content (AvgIpc) is 2.49. The maximum absolute atomic E-state index is 12.9. The fourth-order valence-corrected chi connectivity index (χ4v) is 3.00. The molecule has 2 rings (SSSR count). The number of piperidine rings is 1. The van der Waals surface area contributed by atoms with Crippen LogP contribution >= 0.6 is 11.6 Å². The summed E-state index contributed by atoms with van der Waals surface area (Å²) in [4.78, 5) is 13.5. The summed E-state index contributed by atoms with van der Waals surface area (Å²) in [6, 6.07) is 4.07. The predicted octanol–water partition coefficient (Wildman–Crippen LogP) is 1.43. The standard InChI is InChI=1S/C16H22ClFN2O2/c1-2-7-20-8-5-13(6-9-20)19-16(21)11-22-15-4-3-12(18)10-14(15)17/h3-4,10,13H,2,5-9,11H2,1H3,(H,19,21)/p+1. The number of quaternary nitrogens is 1. The fraction of sp³-hybridized carbons (Fsp3) is 0.562. The SMILES string of the molecule is CCC[NH+]1CCC(NC(=O)COc2ccc(F)cc2Cl)CC1. The van der Waals surface area contributed by atoms with Gasteiger partial charge in [0.15, 0.2) is 6.61 Å². The topological polar surface area (TPSA) is 42.8 Å². The van der Waals surface area contributed by atoms with Gasteiger partial charge in [0.05, 0.1) is 24.7 Å². The maximum atomic E-state index is 12.9. The van der Waals surface area contributed by atoms with E-state index in [0.717, 1.165) is 25.9 Å². The number of carbonyl (C=O) groups is 1. The number of likely N-dealkylation sites (tertiary alicyclic amines) is 1. The van der Waals surface area contributed by atoms with E-state index in [4.69, 9.17) is 16.3 Å². The number of rotatable bonds is 6. The normalized spacial score (nSPS) is 21.4. The van der Waals surface area contributed by atoms with Crippen LogP contribution in [0.25, 0.3) is 0 Å². The van der Waals surface area contributed by atoms with Crippen molar-refractivity contribution in [3.05, 3.63) is 29.0 Å². The fourth-order valence-electron chi connectivity index (χ4n) is 2.78. The van der Waals surface area contributed by atoms with Crippen molar-refractivity contribution in [2.45, 2.75) is 32.2 Å². The molecule has 4 nitrogen and oxygen atoms in total. The molecule has 1 aromatic rings. The molecule has 0 bridgehead atoms. The first-order valence-corrected chi connectivity index (χ1v) is 8.17. The number of amides is 1. The summed E-state index contributed by atoms with van der Waals surface area (Å²) >= 11 is 5.85. The number of nitrogens with one attached hydrogen (secondary N) is 2. The summed E-state index contributed by atoms with van der Waals surface area (Å²) in [7, 11) is 0. The van der Waals surface area contributed by atoms with Crippen LogP contribution in [0.15, 0.2) is 18.2 Å². The van der Waals surface area contributed by atoms with Crippen molar-refractivity contribution in [3.63, 3.8) is 0 Å². The Balaban J connectivity index is 1.72. The lowest BCUT2D eigenvalue weighted by atomic mass is 10.0. The van der Waals surface area contributed by atoms with E-state index in [1.54, 1.807) is 4.90 Å². The highest BCUT2D eigenvalue weighted by molar-refractivity contribution is 6.32. The van der Waals surface area contributed by atoms with Crippen LogP contribution in [0.1, 0.15) is 26.2 Å². The van der Waals surface area contributed by atoms with Gasteiger partial charge in [-0.2, -0.15) is 0 Å². The highest BCUT2D eigenvalue weighted by atomic mass is 35.5. The van der Waals surface area contributed by atoms with Crippen LogP contribution in [-0.4, -0.2) is 38.2 Å². The van der Waals surface area contributed by atoms with Crippen LogP contribution in [0.3, 0.4) is 0 Å². The first-order valence-electron chi connectivity index (χ1n) is 7.79. The Morgan fingerprint density at radius 3 is 2.82 bits per heavy atom. The van der Waals surface area contributed by atoms with Gasteiger partial charge in [0.1, 0.15) is 11.6 Å². The summed E-state index contributed by atoms with van der Waals surface area (Å²) < 4.78 is 18.3. The van der Waals surface area contributed by atoms with Crippen LogP contribution in [0.2, 0.25) is 5.02 Å². The third-order valence-corrected chi connectivity index (χ3v) is 4.21. The third kappa shape index (κ3) is 5.14. The highest BCUT2D eigenvalue weighted by Gasteiger charge is 2.22. The second-order valence-corrected chi connectivity index (χ2v) is 6.11. The lowest BCUT2D eigenvalue weighted by Crippen LogP contribution is -3.13. The molecule has 0 unspecified atom stereocenters. The first-order chi connectivity index (χ1) is 10.6. The van der Waals surface area contributed by atoms with Crippen molar-refractivity contribution in [2.24, 2.45) is 0 Å². The van der Waals surface area contributed by atoms with E-state index in [9.17, 15) is 9.18 Å². The summed E-state index contributed by atoms with van der Waals surface area (Å²) in [6.45, 7) is 5.49. The number of benzene rings is 1. The molecule has 6 heteroatoms. The van der Waals surface area contributed by atoms with Gasteiger partial charge in [0.25, 0.3) is 5.91 Å².